The van der Waals surface area contributed by atoms with Crippen LogP contribution in [-0.4, -0.2) is 6.54 Å². The summed E-state index contributed by atoms with van der Waals surface area (Å²) in [5, 5.41) is 0. The number of benzene rings is 1. The number of rotatable bonds is 3. The Hall–Kier alpha value is -0.640. The van der Waals surface area contributed by atoms with Crippen LogP contribution in [0.2, 0.25) is 0 Å². The van der Waals surface area contributed by atoms with E-state index in [0.29, 0.717) is 12.5 Å². The van der Waals surface area contributed by atoms with Crippen molar-refractivity contribution in [3.8, 4) is 10.4 Å². The van der Waals surface area contributed by atoms with Crippen LogP contribution in [0.3, 0.4) is 0 Å². The SMILES string of the molecule is CC(CN)c1ccc(-c2ccc(Br)cc2)s1. The predicted molar refractivity (Wildman–Crippen MR) is 74.9 cm³/mol. The first-order chi connectivity index (χ1) is 7.70. The van der Waals surface area contributed by atoms with Crippen LogP contribution in [0.15, 0.2) is 40.9 Å². The minimum Gasteiger partial charge on any atom is -0.330 e. The molecule has 1 atom stereocenters. The lowest BCUT2D eigenvalue weighted by Crippen LogP contribution is -2.06. The quantitative estimate of drug-likeness (QED) is 0.900. The Balaban J connectivity index is 2.28. The third-order valence-electron chi connectivity index (χ3n) is 2.59. The minimum absolute atomic E-state index is 0.453. The Morgan fingerprint density at radius 3 is 2.50 bits per heavy atom. The molecule has 0 aliphatic heterocycles. The number of halogens is 1. The second kappa shape index (κ2) is 5.13. The second-order valence-electron chi connectivity index (χ2n) is 3.85. The summed E-state index contributed by atoms with van der Waals surface area (Å²) in [5.41, 5.74) is 6.94. The highest BCUT2D eigenvalue weighted by atomic mass is 79.9. The van der Waals surface area contributed by atoms with Gasteiger partial charge in [0.1, 0.15) is 0 Å². The van der Waals surface area contributed by atoms with Gasteiger partial charge >= 0.3 is 0 Å². The third kappa shape index (κ3) is 2.54. The van der Waals surface area contributed by atoms with Crippen LogP contribution in [0.5, 0.6) is 0 Å². The third-order valence-corrected chi connectivity index (χ3v) is 4.49. The average Bonchev–Trinajstić information content (AvgIpc) is 2.78. The Morgan fingerprint density at radius 1 is 1.19 bits per heavy atom. The van der Waals surface area contributed by atoms with Crippen LogP contribution in [0.1, 0.15) is 17.7 Å². The van der Waals surface area contributed by atoms with Crippen LogP contribution < -0.4 is 5.73 Å². The molecular formula is C13H14BrNS. The smallest absolute Gasteiger partial charge is 0.0345 e. The molecule has 0 radical (unpaired) electrons. The Kier molecular flexibility index (Phi) is 3.79. The Labute approximate surface area is 108 Å². The van der Waals surface area contributed by atoms with E-state index in [-0.39, 0.29) is 0 Å². The van der Waals surface area contributed by atoms with Crippen LogP contribution >= 0.6 is 27.3 Å². The van der Waals surface area contributed by atoms with Gasteiger partial charge in [0, 0.05) is 20.1 Å². The van der Waals surface area contributed by atoms with E-state index in [4.69, 9.17) is 5.73 Å². The van der Waals surface area contributed by atoms with Crippen molar-refractivity contribution in [2.24, 2.45) is 5.73 Å². The summed E-state index contributed by atoms with van der Waals surface area (Å²) in [6, 6.07) is 12.8. The molecule has 2 rings (SSSR count). The van der Waals surface area contributed by atoms with E-state index in [0.717, 1.165) is 4.47 Å². The molecule has 1 unspecified atom stereocenters. The van der Waals surface area contributed by atoms with E-state index in [1.807, 2.05) is 11.3 Å². The van der Waals surface area contributed by atoms with E-state index in [1.165, 1.54) is 15.3 Å². The lowest BCUT2D eigenvalue weighted by atomic mass is 10.1. The zero-order valence-electron chi connectivity index (χ0n) is 9.11. The standard InChI is InChI=1S/C13H14BrNS/c1-9(8-15)12-6-7-13(16-12)10-2-4-11(14)5-3-10/h2-7,9H,8,15H2,1H3. The number of hydrogen-bond acceptors (Lipinski definition) is 2. The van der Waals surface area contributed by atoms with Crippen molar-refractivity contribution in [2.75, 3.05) is 6.54 Å². The van der Waals surface area contributed by atoms with Crippen LogP contribution in [0.4, 0.5) is 0 Å². The summed E-state index contributed by atoms with van der Waals surface area (Å²) in [6.45, 7) is 2.87. The molecular weight excluding hydrogens is 282 g/mol. The molecule has 1 heterocycles. The monoisotopic (exact) mass is 295 g/mol. The molecule has 3 heteroatoms. The highest BCUT2D eigenvalue weighted by molar-refractivity contribution is 9.10. The van der Waals surface area contributed by atoms with Gasteiger partial charge in [0.25, 0.3) is 0 Å². The number of thiophene rings is 1. The van der Waals surface area contributed by atoms with E-state index in [9.17, 15) is 0 Å². The fourth-order valence-electron chi connectivity index (χ4n) is 1.50. The maximum atomic E-state index is 5.67. The molecule has 1 nitrogen and oxygen atoms in total. The second-order valence-corrected chi connectivity index (χ2v) is 5.88. The molecule has 0 saturated heterocycles. The van der Waals surface area contributed by atoms with Crippen molar-refractivity contribution >= 4 is 27.3 Å². The van der Waals surface area contributed by atoms with Gasteiger partial charge in [-0.1, -0.05) is 35.0 Å². The molecule has 0 amide bonds. The first-order valence-corrected chi connectivity index (χ1v) is 6.87. The predicted octanol–water partition coefficient (Wildman–Crippen LogP) is 4.24. The zero-order valence-corrected chi connectivity index (χ0v) is 11.5. The molecule has 2 N–H and O–H groups in total. The molecule has 84 valence electrons. The molecule has 0 spiro atoms. The van der Waals surface area contributed by atoms with Gasteiger partial charge < -0.3 is 5.73 Å². The van der Waals surface area contributed by atoms with Gasteiger partial charge in [-0.15, -0.1) is 11.3 Å². The van der Waals surface area contributed by atoms with Crippen molar-refractivity contribution in [2.45, 2.75) is 12.8 Å². The minimum atomic E-state index is 0.453. The lowest BCUT2D eigenvalue weighted by molar-refractivity contribution is 0.790. The maximum Gasteiger partial charge on any atom is 0.0345 e. The van der Waals surface area contributed by atoms with Crippen LogP contribution in [-0.2, 0) is 0 Å². The van der Waals surface area contributed by atoms with Gasteiger partial charge in [-0.2, -0.15) is 0 Å². The Bertz CT molecular complexity index is 461. The normalized spacial score (nSPS) is 12.7. The number of hydrogen-bond donors (Lipinski definition) is 1. The van der Waals surface area contributed by atoms with E-state index >= 15 is 0 Å². The van der Waals surface area contributed by atoms with E-state index < -0.39 is 0 Å². The molecule has 1 aromatic carbocycles. The lowest BCUT2D eigenvalue weighted by Gasteiger charge is -2.03. The van der Waals surface area contributed by atoms with Gasteiger partial charge in [0.2, 0.25) is 0 Å². The summed E-state index contributed by atoms with van der Waals surface area (Å²) in [7, 11) is 0. The Morgan fingerprint density at radius 2 is 1.88 bits per heavy atom. The summed E-state index contributed by atoms with van der Waals surface area (Å²) in [5.74, 6) is 0.453. The molecule has 1 aromatic heterocycles. The van der Waals surface area contributed by atoms with Gasteiger partial charge in [-0.25, -0.2) is 0 Å². The zero-order chi connectivity index (χ0) is 11.5. The molecule has 0 bridgehead atoms. The summed E-state index contributed by atoms with van der Waals surface area (Å²) < 4.78 is 1.11. The van der Waals surface area contributed by atoms with E-state index in [1.54, 1.807) is 0 Å². The fraction of sp³-hybridized carbons (Fsp3) is 0.231. The largest absolute Gasteiger partial charge is 0.330 e. The molecule has 2 aromatic rings. The summed E-state index contributed by atoms with van der Waals surface area (Å²) >= 11 is 5.27. The average molecular weight is 296 g/mol. The topological polar surface area (TPSA) is 26.0 Å². The highest BCUT2D eigenvalue weighted by Crippen LogP contribution is 2.32. The van der Waals surface area contributed by atoms with Gasteiger partial charge in [-0.05, 0) is 36.4 Å². The molecule has 0 aliphatic carbocycles. The van der Waals surface area contributed by atoms with Crippen molar-refractivity contribution in [3.05, 3.63) is 45.7 Å². The summed E-state index contributed by atoms with van der Waals surface area (Å²) in [4.78, 5) is 2.67. The van der Waals surface area contributed by atoms with Crippen molar-refractivity contribution in [1.29, 1.82) is 0 Å². The number of nitrogens with two attached hydrogens (primary N) is 1. The highest BCUT2D eigenvalue weighted by Gasteiger charge is 2.07. The van der Waals surface area contributed by atoms with Crippen LogP contribution in [0, 0.1) is 0 Å². The van der Waals surface area contributed by atoms with Crippen molar-refractivity contribution < 1.29 is 0 Å². The first kappa shape index (κ1) is 11.8. The molecule has 0 fully saturated rings. The van der Waals surface area contributed by atoms with Crippen LogP contribution in [0.25, 0.3) is 10.4 Å². The first-order valence-electron chi connectivity index (χ1n) is 5.26. The van der Waals surface area contributed by atoms with Crippen molar-refractivity contribution in [1.82, 2.24) is 0 Å². The van der Waals surface area contributed by atoms with Gasteiger partial charge in [0.15, 0.2) is 0 Å². The van der Waals surface area contributed by atoms with E-state index in [2.05, 4.69) is 59.3 Å². The summed E-state index contributed by atoms with van der Waals surface area (Å²) in [6.07, 6.45) is 0. The molecule has 16 heavy (non-hydrogen) atoms. The molecule has 0 saturated carbocycles. The van der Waals surface area contributed by atoms with Gasteiger partial charge in [0.05, 0.1) is 0 Å². The van der Waals surface area contributed by atoms with Gasteiger partial charge in [-0.3, -0.25) is 0 Å². The maximum absolute atomic E-state index is 5.67. The fourth-order valence-corrected chi connectivity index (χ4v) is 2.84. The molecule has 0 aliphatic rings. The van der Waals surface area contributed by atoms with Crippen molar-refractivity contribution in [3.63, 3.8) is 0 Å².